The number of anilines is 1. The molecule has 0 atom stereocenters. The lowest BCUT2D eigenvalue weighted by Gasteiger charge is -2.07. The highest BCUT2D eigenvalue weighted by molar-refractivity contribution is 7.07. The van der Waals surface area contributed by atoms with E-state index in [9.17, 15) is 4.39 Å². The number of ether oxygens (including phenoxy) is 1. The van der Waals surface area contributed by atoms with Gasteiger partial charge in [-0.25, -0.2) is 4.39 Å². The van der Waals surface area contributed by atoms with Crippen molar-refractivity contribution < 1.29 is 9.13 Å². The molecule has 2 N–H and O–H groups in total. The van der Waals surface area contributed by atoms with E-state index in [4.69, 9.17) is 10.5 Å². The lowest BCUT2D eigenvalue weighted by atomic mass is 10.3. The molecule has 2 aromatic rings. The van der Waals surface area contributed by atoms with Crippen molar-refractivity contribution in [2.45, 2.75) is 6.61 Å². The average Bonchev–Trinajstić information content (AvgIpc) is 2.72. The molecule has 2 rings (SSSR count). The van der Waals surface area contributed by atoms with Gasteiger partial charge in [-0.1, -0.05) is 0 Å². The monoisotopic (exact) mass is 223 g/mol. The summed E-state index contributed by atoms with van der Waals surface area (Å²) in [5.41, 5.74) is 7.15. The molecule has 0 spiro atoms. The SMILES string of the molecule is Nc1ccc(F)cc1OCc1ccsc1. The second-order valence-corrected chi connectivity index (χ2v) is 3.88. The van der Waals surface area contributed by atoms with Crippen LogP contribution < -0.4 is 10.5 Å². The highest BCUT2D eigenvalue weighted by Gasteiger charge is 2.02. The summed E-state index contributed by atoms with van der Waals surface area (Å²) in [5.74, 6) is 0.0470. The zero-order valence-corrected chi connectivity index (χ0v) is 8.76. The summed E-state index contributed by atoms with van der Waals surface area (Å²) >= 11 is 1.60. The van der Waals surface area contributed by atoms with Gasteiger partial charge >= 0.3 is 0 Å². The Balaban J connectivity index is 2.07. The standard InChI is InChI=1S/C11H10FNOS/c12-9-1-2-10(13)11(5-9)14-6-8-3-4-15-7-8/h1-5,7H,6,13H2. The molecule has 0 amide bonds. The minimum Gasteiger partial charge on any atom is -0.487 e. The van der Waals surface area contributed by atoms with Gasteiger partial charge in [-0.15, -0.1) is 0 Å². The fraction of sp³-hybridized carbons (Fsp3) is 0.0909. The van der Waals surface area contributed by atoms with Crippen molar-refractivity contribution in [3.8, 4) is 5.75 Å². The van der Waals surface area contributed by atoms with E-state index in [-0.39, 0.29) is 5.82 Å². The Morgan fingerprint density at radius 1 is 1.33 bits per heavy atom. The van der Waals surface area contributed by atoms with E-state index in [0.717, 1.165) is 5.56 Å². The predicted octanol–water partition coefficient (Wildman–Crippen LogP) is 3.05. The molecule has 78 valence electrons. The van der Waals surface area contributed by atoms with Crippen LogP contribution in [-0.2, 0) is 6.61 Å². The number of hydrogen-bond acceptors (Lipinski definition) is 3. The second-order valence-electron chi connectivity index (χ2n) is 3.10. The largest absolute Gasteiger partial charge is 0.487 e. The van der Waals surface area contributed by atoms with Crippen LogP contribution in [-0.4, -0.2) is 0 Å². The second kappa shape index (κ2) is 4.31. The van der Waals surface area contributed by atoms with Gasteiger partial charge in [0.05, 0.1) is 5.69 Å². The van der Waals surface area contributed by atoms with Gasteiger partial charge in [0.1, 0.15) is 18.2 Å². The zero-order valence-electron chi connectivity index (χ0n) is 7.94. The molecule has 0 radical (unpaired) electrons. The Bertz CT molecular complexity index is 442. The summed E-state index contributed by atoms with van der Waals surface area (Å²) < 4.78 is 18.3. The van der Waals surface area contributed by atoms with Crippen LogP contribution in [0.25, 0.3) is 0 Å². The lowest BCUT2D eigenvalue weighted by Crippen LogP contribution is -1.98. The highest BCUT2D eigenvalue weighted by atomic mass is 32.1. The topological polar surface area (TPSA) is 35.2 Å². The molecule has 2 nitrogen and oxygen atoms in total. The van der Waals surface area contributed by atoms with Crippen LogP contribution in [0.15, 0.2) is 35.0 Å². The number of nitrogen functional groups attached to an aromatic ring is 1. The zero-order chi connectivity index (χ0) is 10.7. The van der Waals surface area contributed by atoms with E-state index in [2.05, 4.69) is 0 Å². The maximum absolute atomic E-state index is 12.9. The van der Waals surface area contributed by atoms with Crippen molar-refractivity contribution in [2.24, 2.45) is 0 Å². The maximum Gasteiger partial charge on any atom is 0.145 e. The van der Waals surface area contributed by atoms with E-state index in [1.807, 2.05) is 16.8 Å². The molecule has 0 saturated carbocycles. The van der Waals surface area contributed by atoms with Crippen molar-refractivity contribution >= 4 is 17.0 Å². The van der Waals surface area contributed by atoms with Crippen LogP contribution >= 0.6 is 11.3 Å². The first-order chi connectivity index (χ1) is 7.25. The van der Waals surface area contributed by atoms with E-state index in [1.165, 1.54) is 18.2 Å². The van der Waals surface area contributed by atoms with Crippen molar-refractivity contribution in [1.29, 1.82) is 0 Å². The van der Waals surface area contributed by atoms with E-state index in [1.54, 1.807) is 11.3 Å². The Kier molecular flexibility index (Phi) is 2.87. The lowest BCUT2D eigenvalue weighted by molar-refractivity contribution is 0.307. The molecule has 0 bridgehead atoms. The average molecular weight is 223 g/mol. The van der Waals surface area contributed by atoms with E-state index < -0.39 is 0 Å². The Labute approximate surface area is 91.1 Å². The molecule has 4 heteroatoms. The minimum absolute atomic E-state index is 0.343. The molecule has 0 saturated heterocycles. The van der Waals surface area contributed by atoms with Gasteiger partial charge in [0, 0.05) is 6.07 Å². The van der Waals surface area contributed by atoms with Gasteiger partial charge < -0.3 is 10.5 Å². The van der Waals surface area contributed by atoms with Crippen LogP contribution in [0.1, 0.15) is 5.56 Å². The Morgan fingerprint density at radius 2 is 2.20 bits per heavy atom. The van der Waals surface area contributed by atoms with E-state index >= 15 is 0 Å². The fourth-order valence-corrected chi connectivity index (χ4v) is 1.82. The molecule has 1 heterocycles. The number of nitrogens with two attached hydrogens (primary N) is 1. The number of halogens is 1. The predicted molar refractivity (Wildman–Crippen MR) is 59.5 cm³/mol. The highest BCUT2D eigenvalue weighted by Crippen LogP contribution is 2.23. The molecule has 0 aliphatic carbocycles. The normalized spacial score (nSPS) is 10.2. The van der Waals surface area contributed by atoms with Crippen LogP contribution in [0.4, 0.5) is 10.1 Å². The first kappa shape index (κ1) is 9.98. The van der Waals surface area contributed by atoms with Crippen molar-refractivity contribution in [2.75, 3.05) is 5.73 Å². The molecule has 0 aliphatic rings. The van der Waals surface area contributed by atoms with Crippen LogP contribution in [0, 0.1) is 5.82 Å². The van der Waals surface area contributed by atoms with E-state index in [0.29, 0.717) is 18.0 Å². The first-order valence-corrected chi connectivity index (χ1v) is 5.39. The maximum atomic E-state index is 12.9. The van der Waals surface area contributed by atoms with Gasteiger partial charge in [-0.05, 0) is 34.5 Å². The number of benzene rings is 1. The summed E-state index contributed by atoms with van der Waals surface area (Å²) in [4.78, 5) is 0. The number of rotatable bonds is 3. The molecule has 0 unspecified atom stereocenters. The Morgan fingerprint density at radius 3 is 2.93 bits per heavy atom. The molecule has 1 aromatic carbocycles. The van der Waals surface area contributed by atoms with Gasteiger partial charge in [-0.3, -0.25) is 0 Å². The van der Waals surface area contributed by atoms with Crippen molar-refractivity contribution in [3.63, 3.8) is 0 Å². The summed E-state index contributed by atoms with van der Waals surface area (Å²) in [5, 5.41) is 3.95. The third-order valence-electron chi connectivity index (χ3n) is 1.95. The van der Waals surface area contributed by atoms with Gasteiger partial charge in [0.25, 0.3) is 0 Å². The Hall–Kier alpha value is -1.55. The van der Waals surface area contributed by atoms with Gasteiger partial charge in [0.15, 0.2) is 0 Å². The summed E-state index contributed by atoms with van der Waals surface area (Å²) in [6, 6.07) is 6.06. The van der Waals surface area contributed by atoms with Gasteiger partial charge in [0.2, 0.25) is 0 Å². The number of hydrogen-bond donors (Lipinski definition) is 1. The first-order valence-electron chi connectivity index (χ1n) is 4.44. The molecule has 15 heavy (non-hydrogen) atoms. The fourth-order valence-electron chi connectivity index (χ4n) is 1.17. The van der Waals surface area contributed by atoms with Crippen LogP contribution in [0.3, 0.4) is 0 Å². The number of thiophene rings is 1. The molecule has 1 aromatic heterocycles. The molecule has 0 aliphatic heterocycles. The molecular formula is C11H10FNOS. The van der Waals surface area contributed by atoms with Crippen LogP contribution in [0.2, 0.25) is 0 Å². The third-order valence-corrected chi connectivity index (χ3v) is 2.68. The summed E-state index contributed by atoms with van der Waals surface area (Å²) in [6.45, 7) is 0.414. The molecular weight excluding hydrogens is 213 g/mol. The quantitative estimate of drug-likeness (QED) is 0.812. The summed E-state index contributed by atoms with van der Waals surface area (Å²) in [7, 11) is 0. The van der Waals surface area contributed by atoms with Crippen LogP contribution in [0.5, 0.6) is 5.75 Å². The minimum atomic E-state index is -0.343. The third kappa shape index (κ3) is 2.47. The smallest absolute Gasteiger partial charge is 0.145 e. The van der Waals surface area contributed by atoms with Gasteiger partial charge in [-0.2, -0.15) is 11.3 Å². The summed E-state index contributed by atoms with van der Waals surface area (Å²) in [6.07, 6.45) is 0. The van der Waals surface area contributed by atoms with Crippen molar-refractivity contribution in [3.05, 3.63) is 46.4 Å². The van der Waals surface area contributed by atoms with Crippen molar-refractivity contribution in [1.82, 2.24) is 0 Å². The molecule has 0 fully saturated rings.